The van der Waals surface area contributed by atoms with Gasteiger partial charge in [0, 0.05) is 30.1 Å². The van der Waals surface area contributed by atoms with Crippen LogP contribution in [0.4, 0.5) is 17.1 Å². The van der Waals surface area contributed by atoms with Crippen molar-refractivity contribution in [3.63, 3.8) is 0 Å². The molecule has 3 rings (SSSR count). The normalized spacial score (nSPS) is 10.4. The van der Waals surface area contributed by atoms with Gasteiger partial charge in [0.05, 0.1) is 4.92 Å². The average molecular weight is 407 g/mol. The van der Waals surface area contributed by atoms with Gasteiger partial charge in [-0.2, -0.15) is 0 Å². The quantitative estimate of drug-likeness (QED) is 0.239. The van der Waals surface area contributed by atoms with E-state index in [0.717, 1.165) is 10.8 Å². The second-order valence-electron chi connectivity index (χ2n) is 6.54. The van der Waals surface area contributed by atoms with E-state index < -0.39 is 16.8 Å². The molecule has 3 aromatic rings. The molecule has 154 valence electrons. The molecule has 0 saturated heterocycles. The van der Waals surface area contributed by atoms with Crippen molar-refractivity contribution >= 4 is 39.7 Å². The summed E-state index contributed by atoms with van der Waals surface area (Å²) in [5.74, 6) is -0.926. The zero-order valence-corrected chi connectivity index (χ0v) is 16.2. The minimum Gasteiger partial charge on any atom is -0.456 e. The van der Waals surface area contributed by atoms with Gasteiger partial charge in [0.2, 0.25) is 0 Å². The van der Waals surface area contributed by atoms with Gasteiger partial charge >= 0.3 is 5.97 Å². The molecule has 0 unspecified atom stereocenters. The van der Waals surface area contributed by atoms with Crippen LogP contribution in [0.1, 0.15) is 12.8 Å². The number of fused-ring (bicyclic) bond motifs is 1. The Morgan fingerprint density at radius 2 is 1.63 bits per heavy atom. The zero-order chi connectivity index (χ0) is 21.3. The Morgan fingerprint density at radius 3 is 2.47 bits per heavy atom. The van der Waals surface area contributed by atoms with Crippen molar-refractivity contribution in [1.82, 2.24) is 0 Å². The van der Waals surface area contributed by atoms with E-state index in [0.29, 0.717) is 24.3 Å². The molecule has 1 amide bonds. The fourth-order valence-corrected chi connectivity index (χ4v) is 2.98. The molecule has 0 heterocycles. The highest BCUT2D eigenvalue weighted by molar-refractivity contribution is 6.02. The van der Waals surface area contributed by atoms with Gasteiger partial charge in [0.25, 0.3) is 11.6 Å². The molecule has 0 aliphatic carbocycles. The number of hydrogen-bond donors (Lipinski definition) is 2. The number of ether oxygens (including phenoxy) is 1. The lowest BCUT2D eigenvalue weighted by molar-refractivity contribution is -0.384. The van der Waals surface area contributed by atoms with Crippen LogP contribution in [-0.2, 0) is 14.3 Å². The molecule has 3 aromatic carbocycles. The first kappa shape index (κ1) is 20.8. The minimum atomic E-state index is -0.507. The van der Waals surface area contributed by atoms with Crippen LogP contribution in [0.3, 0.4) is 0 Å². The highest BCUT2D eigenvalue weighted by Crippen LogP contribution is 2.23. The lowest BCUT2D eigenvalue weighted by atomic mass is 10.1. The van der Waals surface area contributed by atoms with E-state index in [9.17, 15) is 19.7 Å². The van der Waals surface area contributed by atoms with Crippen molar-refractivity contribution in [1.29, 1.82) is 0 Å². The van der Waals surface area contributed by atoms with Gasteiger partial charge in [-0.15, -0.1) is 0 Å². The molecule has 0 radical (unpaired) electrons. The summed E-state index contributed by atoms with van der Waals surface area (Å²) in [7, 11) is 0. The summed E-state index contributed by atoms with van der Waals surface area (Å²) >= 11 is 0. The zero-order valence-electron chi connectivity index (χ0n) is 16.2. The summed E-state index contributed by atoms with van der Waals surface area (Å²) in [5, 5.41) is 18.6. The Kier molecular flexibility index (Phi) is 6.94. The van der Waals surface area contributed by atoms with Crippen molar-refractivity contribution in [3.8, 4) is 0 Å². The molecule has 0 aromatic heterocycles. The molecule has 2 N–H and O–H groups in total. The summed E-state index contributed by atoms with van der Waals surface area (Å²) in [6.07, 6.45) is 0.505. The lowest BCUT2D eigenvalue weighted by Crippen LogP contribution is -2.21. The average Bonchev–Trinajstić information content (AvgIpc) is 2.76. The second-order valence-corrected chi connectivity index (χ2v) is 6.54. The first-order valence-corrected chi connectivity index (χ1v) is 9.45. The topological polar surface area (TPSA) is 111 Å². The number of nitrogens with one attached hydrogen (secondary N) is 2. The standard InChI is InChI=1S/C22H21N3O5/c26-21(24-18-11-5-8-16-7-1-2-9-17(16)18)15-30-22(27)13-6-14-23-19-10-3-4-12-20(19)25(28)29/h1-5,7-12,23H,6,13-15H2,(H,24,26). The Hall–Kier alpha value is -3.94. The number of benzene rings is 3. The number of nitro groups is 1. The fourth-order valence-electron chi connectivity index (χ4n) is 2.98. The maximum Gasteiger partial charge on any atom is 0.306 e. The molecule has 0 fully saturated rings. The summed E-state index contributed by atoms with van der Waals surface area (Å²) in [6.45, 7) is -0.0121. The molecule has 8 nitrogen and oxygen atoms in total. The van der Waals surface area contributed by atoms with Crippen molar-refractivity contribution in [3.05, 3.63) is 76.8 Å². The first-order valence-electron chi connectivity index (χ1n) is 9.45. The summed E-state index contributed by atoms with van der Waals surface area (Å²) in [6, 6.07) is 19.5. The van der Waals surface area contributed by atoms with Gasteiger partial charge in [-0.1, -0.05) is 48.5 Å². The molecule has 0 aliphatic rings. The van der Waals surface area contributed by atoms with E-state index in [1.54, 1.807) is 24.3 Å². The predicted octanol–water partition coefficient (Wildman–Crippen LogP) is 4.12. The summed E-state index contributed by atoms with van der Waals surface area (Å²) in [4.78, 5) is 34.5. The molecular weight excluding hydrogens is 386 g/mol. The Labute approximate surface area is 173 Å². The fraction of sp³-hybridized carbons (Fsp3) is 0.182. The lowest BCUT2D eigenvalue weighted by Gasteiger charge is -2.10. The molecule has 0 saturated carbocycles. The van der Waals surface area contributed by atoms with Gasteiger partial charge in [0.1, 0.15) is 5.69 Å². The SMILES string of the molecule is O=C(COC(=O)CCCNc1ccccc1[N+](=O)[O-])Nc1cccc2ccccc12. The van der Waals surface area contributed by atoms with Gasteiger partial charge in [-0.05, 0) is 23.9 Å². The van der Waals surface area contributed by atoms with Crippen LogP contribution in [0.2, 0.25) is 0 Å². The number of carbonyl (C=O) groups is 2. The molecule has 30 heavy (non-hydrogen) atoms. The van der Waals surface area contributed by atoms with Crippen LogP contribution in [0.5, 0.6) is 0 Å². The third-order valence-corrected chi connectivity index (χ3v) is 4.40. The van der Waals surface area contributed by atoms with E-state index in [-0.39, 0.29) is 18.7 Å². The van der Waals surface area contributed by atoms with Crippen LogP contribution in [0, 0.1) is 10.1 Å². The number of esters is 1. The van der Waals surface area contributed by atoms with E-state index >= 15 is 0 Å². The maximum atomic E-state index is 12.1. The third-order valence-electron chi connectivity index (χ3n) is 4.40. The Balaban J connectivity index is 1.40. The van der Waals surface area contributed by atoms with Gasteiger partial charge < -0.3 is 15.4 Å². The van der Waals surface area contributed by atoms with Gasteiger partial charge in [0.15, 0.2) is 6.61 Å². The third kappa shape index (κ3) is 5.54. The van der Waals surface area contributed by atoms with E-state index in [2.05, 4.69) is 10.6 Å². The van der Waals surface area contributed by atoms with Crippen molar-refractivity contribution in [2.75, 3.05) is 23.8 Å². The van der Waals surface area contributed by atoms with E-state index in [1.807, 2.05) is 36.4 Å². The van der Waals surface area contributed by atoms with Crippen molar-refractivity contribution in [2.24, 2.45) is 0 Å². The number of carbonyl (C=O) groups excluding carboxylic acids is 2. The molecule has 0 aliphatic heterocycles. The van der Waals surface area contributed by atoms with E-state index in [1.165, 1.54) is 6.07 Å². The maximum absolute atomic E-state index is 12.1. The highest BCUT2D eigenvalue weighted by atomic mass is 16.6. The second kappa shape index (κ2) is 10.0. The van der Waals surface area contributed by atoms with Crippen LogP contribution in [0.25, 0.3) is 10.8 Å². The molecule has 0 atom stereocenters. The number of nitrogens with zero attached hydrogens (tertiary/aromatic N) is 1. The smallest absolute Gasteiger partial charge is 0.306 e. The number of para-hydroxylation sites is 2. The number of amides is 1. The van der Waals surface area contributed by atoms with Crippen molar-refractivity contribution in [2.45, 2.75) is 12.8 Å². The van der Waals surface area contributed by atoms with Crippen LogP contribution in [-0.4, -0.2) is 30.0 Å². The number of anilines is 2. The summed E-state index contributed by atoms with van der Waals surface area (Å²) < 4.78 is 5.02. The minimum absolute atomic E-state index is 0.0230. The highest BCUT2D eigenvalue weighted by Gasteiger charge is 2.12. The Bertz CT molecular complexity index is 1060. The van der Waals surface area contributed by atoms with E-state index in [4.69, 9.17) is 4.74 Å². The van der Waals surface area contributed by atoms with Gasteiger partial charge in [-0.25, -0.2) is 0 Å². The van der Waals surface area contributed by atoms with Crippen LogP contribution >= 0.6 is 0 Å². The molecule has 0 spiro atoms. The number of rotatable bonds is 9. The van der Waals surface area contributed by atoms with Crippen LogP contribution in [0.15, 0.2) is 66.7 Å². The summed E-state index contributed by atoms with van der Waals surface area (Å²) in [5.41, 5.74) is 1.03. The largest absolute Gasteiger partial charge is 0.456 e. The Morgan fingerprint density at radius 1 is 0.933 bits per heavy atom. The number of hydrogen-bond acceptors (Lipinski definition) is 6. The molecule has 8 heteroatoms. The molecular formula is C22H21N3O5. The monoisotopic (exact) mass is 407 g/mol. The number of nitro benzene ring substituents is 1. The predicted molar refractivity (Wildman–Crippen MR) is 114 cm³/mol. The van der Waals surface area contributed by atoms with Gasteiger partial charge in [-0.3, -0.25) is 19.7 Å². The van der Waals surface area contributed by atoms with Crippen LogP contribution < -0.4 is 10.6 Å². The van der Waals surface area contributed by atoms with Crippen molar-refractivity contribution < 1.29 is 19.2 Å². The first-order chi connectivity index (χ1) is 14.5. The molecule has 0 bridgehead atoms.